The van der Waals surface area contributed by atoms with E-state index in [1.807, 2.05) is 80.6 Å². The maximum absolute atomic E-state index is 12.5. The average Bonchev–Trinajstić information content (AvgIpc) is 3.27. The lowest BCUT2D eigenvalue weighted by atomic mass is 10.1. The maximum Gasteiger partial charge on any atom is 0.262 e. The molecule has 8 nitrogen and oxygen atoms in total. The van der Waals surface area contributed by atoms with E-state index in [-0.39, 0.29) is 12.5 Å². The highest BCUT2D eigenvalue weighted by molar-refractivity contribution is 5.92. The largest absolute Gasteiger partial charge is 0.483 e. The van der Waals surface area contributed by atoms with Crippen molar-refractivity contribution in [3.05, 3.63) is 90.3 Å². The molecule has 168 valence electrons. The summed E-state index contributed by atoms with van der Waals surface area (Å²) >= 11 is 0. The van der Waals surface area contributed by atoms with Crippen LogP contribution in [0.4, 0.5) is 5.69 Å². The van der Waals surface area contributed by atoms with Crippen LogP contribution in [-0.2, 0) is 4.79 Å². The topological polar surface area (TPSA) is 94.3 Å². The van der Waals surface area contributed by atoms with Crippen LogP contribution < -0.4 is 10.1 Å². The van der Waals surface area contributed by atoms with Crippen molar-refractivity contribution >= 4 is 17.2 Å². The molecule has 0 saturated carbocycles. The second kappa shape index (κ2) is 9.11. The lowest BCUT2D eigenvalue weighted by Gasteiger charge is -2.11. The number of ether oxygens (including phenoxy) is 1. The van der Waals surface area contributed by atoms with Crippen molar-refractivity contribution in [1.82, 2.24) is 24.8 Å². The van der Waals surface area contributed by atoms with Crippen LogP contribution in [0, 0.1) is 13.8 Å². The van der Waals surface area contributed by atoms with Crippen molar-refractivity contribution in [3.63, 3.8) is 0 Å². The molecule has 0 aliphatic carbocycles. The fraction of sp³-hybridized carbons (Fsp3) is 0.115. The number of anilines is 1. The molecule has 34 heavy (non-hydrogen) atoms. The van der Waals surface area contributed by atoms with Gasteiger partial charge in [-0.2, -0.15) is 9.61 Å². The summed E-state index contributed by atoms with van der Waals surface area (Å²) in [7, 11) is 0. The number of hydrogen-bond donors (Lipinski definition) is 1. The third-order valence-electron chi connectivity index (χ3n) is 5.31. The number of benzene rings is 2. The summed E-state index contributed by atoms with van der Waals surface area (Å²) in [5, 5.41) is 16.1. The quantitative estimate of drug-likeness (QED) is 0.410. The van der Waals surface area contributed by atoms with Gasteiger partial charge in [0.05, 0.1) is 5.69 Å². The molecular weight excluding hydrogens is 428 g/mol. The summed E-state index contributed by atoms with van der Waals surface area (Å²) in [5.41, 5.74) is 5.83. The van der Waals surface area contributed by atoms with Crippen molar-refractivity contribution in [1.29, 1.82) is 0 Å². The molecule has 8 heteroatoms. The van der Waals surface area contributed by atoms with Gasteiger partial charge in [-0.25, -0.2) is 0 Å². The number of nitrogens with zero attached hydrogens (tertiary/aromatic N) is 5. The van der Waals surface area contributed by atoms with E-state index in [0.717, 1.165) is 27.9 Å². The van der Waals surface area contributed by atoms with Crippen molar-refractivity contribution in [2.45, 2.75) is 13.8 Å². The summed E-state index contributed by atoms with van der Waals surface area (Å²) in [6.45, 7) is 3.91. The highest BCUT2D eigenvalue weighted by atomic mass is 16.5. The van der Waals surface area contributed by atoms with E-state index in [1.54, 1.807) is 16.9 Å². The number of hydrogen-bond acceptors (Lipinski definition) is 6. The van der Waals surface area contributed by atoms with Crippen molar-refractivity contribution in [2.75, 3.05) is 11.9 Å². The average molecular weight is 451 g/mol. The molecule has 5 aromatic rings. The predicted octanol–water partition coefficient (Wildman–Crippen LogP) is 4.49. The van der Waals surface area contributed by atoms with Gasteiger partial charge in [0.1, 0.15) is 5.75 Å². The molecule has 0 bridgehead atoms. The van der Waals surface area contributed by atoms with Crippen molar-refractivity contribution < 1.29 is 9.53 Å². The van der Waals surface area contributed by atoms with E-state index in [4.69, 9.17) is 9.84 Å². The summed E-state index contributed by atoms with van der Waals surface area (Å²) < 4.78 is 7.38. The highest BCUT2D eigenvalue weighted by Crippen LogP contribution is 2.23. The van der Waals surface area contributed by atoms with Gasteiger partial charge in [-0.1, -0.05) is 29.8 Å². The SMILES string of the molecule is Cc1ccc(OCC(=O)Nc2cccc(-c3ccc4nnc(-c5cccnc5)n4n3)c2)c(C)c1. The summed E-state index contributed by atoms with van der Waals surface area (Å²) in [4.78, 5) is 16.6. The highest BCUT2D eigenvalue weighted by Gasteiger charge is 2.12. The number of fused-ring (bicyclic) bond motifs is 1. The molecule has 0 atom stereocenters. The Morgan fingerprint density at radius 2 is 1.85 bits per heavy atom. The Morgan fingerprint density at radius 3 is 2.68 bits per heavy atom. The molecule has 3 aromatic heterocycles. The van der Waals surface area contributed by atoms with E-state index < -0.39 is 0 Å². The first kappa shape index (κ1) is 21.3. The van der Waals surface area contributed by atoms with Gasteiger partial charge in [0, 0.05) is 29.2 Å². The summed E-state index contributed by atoms with van der Waals surface area (Å²) in [6, 6.07) is 20.9. The van der Waals surface area contributed by atoms with Crippen LogP contribution in [-0.4, -0.2) is 37.3 Å². The molecular formula is C26H22N6O2. The van der Waals surface area contributed by atoms with Gasteiger partial charge in [-0.3, -0.25) is 9.78 Å². The standard InChI is InChI=1S/C26H22N6O2/c1-17-8-10-23(18(2)13-17)34-16-25(33)28-21-7-3-5-19(14-21)22-9-11-24-29-30-26(32(24)31-22)20-6-4-12-27-15-20/h3-15H,16H2,1-2H3,(H,28,33). The second-order valence-corrected chi connectivity index (χ2v) is 7.94. The third-order valence-corrected chi connectivity index (χ3v) is 5.31. The zero-order valence-electron chi connectivity index (χ0n) is 18.8. The monoisotopic (exact) mass is 450 g/mol. The minimum Gasteiger partial charge on any atom is -0.483 e. The molecule has 0 fully saturated rings. The smallest absolute Gasteiger partial charge is 0.262 e. The Labute approximate surface area is 196 Å². The van der Waals surface area contributed by atoms with Gasteiger partial charge in [-0.15, -0.1) is 10.2 Å². The first-order valence-corrected chi connectivity index (χ1v) is 10.8. The Morgan fingerprint density at radius 1 is 0.971 bits per heavy atom. The van der Waals surface area contributed by atoms with Gasteiger partial charge < -0.3 is 10.1 Å². The van der Waals surface area contributed by atoms with Crippen LogP contribution in [0.15, 0.2) is 79.1 Å². The van der Waals surface area contributed by atoms with E-state index in [1.165, 1.54) is 0 Å². The molecule has 1 N–H and O–H groups in total. The molecule has 0 aliphatic heterocycles. The summed E-state index contributed by atoms with van der Waals surface area (Å²) in [6.07, 6.45) is 3.43. The molecule has 2 aromatic carbocycles. The van der Waals surface area contributed by atoms with Crippen LogP contribution in [0.25, 0.3) is 28.3 Å². The van der Waals surface area contributed by atoms with Crippen LogP contribution in [0.2, 0.25) is 0 Å². The van der Waals surface area contributed by atoms with E-state index >= 15 is 0 Å². The number of amides is 1. The van der Waals surface area contributed by atoms with Gasteiger partial charge in [-0.05, 0) is 61.9 Å². The first-order chi connectivity index (χ1) is 16.6. The maximum atomic E-state index is 12.5. The molecule has 0 saturated heterocycles. The Balaban J connectivity index is 1.34. The van der Waals surface area contributed by atoms with Gasteiger partial charge in [0.25, 0.3) is 5.91 Å². The fourth-order valence-corrected chi connectivity index (χ4v) is 3.68. The lowest BCUT2D eigenvalue weighted by Crippen LogP contribution is -2.20. The second-order valence-electron chi connectivity index (χ2n) is 7.94. The molecule has 0 aliphatic rings. The van der Waals surface area contributed by atoms with E-state index in [2.05, 4.69) is 20.5 Å². The number of carbonyl (C=O) groups excluding carboxylic acids is 1. The molecule has 0 radical (unpaired) electrons. The van der Waals surface area contributed by atoms with E-state index in [0.29, 0.717) is 22.9 Å². The molecule has 0 unspecified atom stereocenters. The Bertz CT molecular complexity index is 1480. The number of nitrogens with one attached hydrogen (secondary N) is 1. The molecule has 5 rings (SSSR count). The fourth-order valence-electron chi connectivity index (χ4n) is 3.68. The van der Waals surface area contributed by atoms with Gasteiger partial charge in [0.2, 0.25) is 0 Å². The Kier molecular flexibility index (Phi) is 5.70. The van der Waals surface area contributed by atoms with Crippen LogP contribution >= 0.6 is 0 Å². The normalized spacial score (nSPS) is 10.9. The zero-order valence-corrected chi connectivity index (χ0v) is 18.8. The number of carbonyl (C=O) groups is 1. The Hall–Kier alpha value is -4.59. The lowest BCUT2D eigenvalue weighted by molar-refractivity contribution is -0.118. The number of pyridine rings is 1. The number of aryl methyl sites for hydroxylation is 2. The minimum absolute atomic E-state index is 0.0759. The molecule has 1 amide bonds. The minimum atomic E-state index is -0.238. The van der Waals surface area contributed by atoms with Gasteiger partial charge >= 0.3 is 0 Å². The van der Waals surface area contributed by atoms with Crippen molar-refractivity contribution in [3.8, 4) is 28.4 Å². The number of aromatic nitrogens is 5. The van der Waals surface area contributed by atoms with Crippen LogP contribution in [0.5, 0.6) is 5.75 Å². The van der Waals surface area contributed by atoms with Crippen LogP contribution in [0.1, 0.15) is 11.1 Å². The van der Waals surface area contributed by atoms with Crippen molar-refractivity contribution in [2.24, 2.45) is 0 Å². The van der Waals surface area contributed by atoms with Gasteiger partial charge in [0.15, 0.2) is 18.1 Å². The van der Waals surface area contributed by atoms with Crippen LogP contribution in [0.3, 0.4) is 0 Å². The number of rotatable bonds is 6. The third kappa shape index (κ3) is 4.47. The molecule has 0 spiro atoms. The summed E-state index contributed by atoms with van der Waals surface area (Å²) in [5.74, 6) is 1.07. The van der Waals surface area contributed by atoms with E-state index in [9.17, 15) is 4.79 Å². The zero-order chi connectivity index (χ0) is 23.5. The predicted molar refractivity (Wildman–Crippen MR) is 129 cm³/mol. The molecule has 3 heterocycles. The first-order valence-electron chi connectivity index (χ1n) is 10.8.